The van der Waals surface area contributed by atoms with E-state index in [1.807, 2.05) is 37.3 Å². The molecule has 0 aliphatic heterocycles. The minimum absolute atomic E-state index is 0.0803. The molecule has 0 aliphatic carbocycles. The normalized spacial score (nSPS) is 13.1. The summed E-state index contributed by atoms with van der Waals surface area (Å²) in [5.41, 5.74) is 1.10. The number of amides is 2. The van der Waals surface area contributed by atoms with E-state index < -0.39 is 40.5 Å². The molecule has 2 N–H and O–H groups in total. The fourth-order valence-electron chi connectivity index (χ4n) is 3.19. The molecule has 0 bridgehead atoms. The third-order valence-electron chi connectivity index (χ3n) is 5.19. The summed E-state index contributed by atoms with van der Waals surface area (Å²) in [4.78, 5) is 36.8. The van der Waals surface area contributed by atoms with Gasteiger partial charge in [0.2, 0.25) is 10.0 Å². The molecule has 0 heterocycles. The summed E-state index contributed by atoms with van der Waals surface area (Å²) in [5.74, 6) is -1.80. The average Bonchev–Trinajstić information content (AvgIpc) is 2.83. The molecule has 0 radical (unpaired) electrons. The Kier molecular flexibility index (Phi) is 9.76. The Bertz CT molecular complexity index is 1080. The van der Waals surface area contributed by atoms with Gasteiger partial charge < -0.3 is 15.4 Å². The van der Waals surface area contributed by atoms with Crippen LogP contribution in [0.4, 0.5) is 0 Å². The van der Waals surface area contributed by atoms with Crippen molar-refractivity contribution in [2.45, 2.75) is 44.7 Å². The summed E-state index contributed by atoms with van der Waals surface area (Å²) in [5, 5.41) is 5.18. The molecule has 2 aromatic carbocycles. The molecule has 2 atom stereocenters. The van der Waals surface area contributed by atoms with E-state index in [1.54, 1.807) is 13.8 Å². The van der Waals surface area contributed by atoms with Gasteiger partial charge in [0.15, 0.2) is 6.10 Å². The van der Waals surface area contributed by atoms with Crippen LogP contribution in [-0.4, -0.2) is 56.2 Å². The van der Waals surface area contributed by atoms with Crippen LogP contribution >= 0.6 is 0 Å². The predicted octanol–water partition coefficient (Wildman–Crippen LogP) is 2.26. The third-order valence-corrected chi connectivity index (χ3v) is 7.25. The predicted molar refractivity (Wildman–Crippen MR) is 127 cm³/mol. The number of carbonyl (C=O) groups excluding carboxylic acids is 3. The SMILES string of the molecule is CCN(CC)S(=O)(=O)c1ccc(C(=O)NCC(=O)OC(C)C(=O)NC(C)c2ccccc2)cc1. The van der Waals surface area contributed by atoms with Gasteiger partial charge in [-0.15, -0.1) is 0 Å². The maximum absolute atomic E-state index is 12.5. The Morgan fingerprint density at radius 1 is 0.941 bits per heavy atom. The van der Waals surface area contributed by atoms with Crippen LogP contribution in [0, 0.1) is 0 Å². The van der Waals surface area contributed by atoms with Gasteiger partial charge in [0.05, 0.1) is 10.9 Å². The summed E-state index contributed by atoms with van der Waals surface area (Å²) in [7, 11) is -3.63. The molecule has 0 saturated heterocycles. The minimum atomic E-state index is -3.63. The van der Waals surface area contributed by atoms with Gasteiger partial charge in [-0.1, -0.05) is 44.2 Å². The third kappa shape index (κ3) is 7.13. The molecule has 2 rings (SSSR count). The monoisotopic (exact) mass is 489 g/mol. The van der Waals surface area contributed by atoms with Gasteiger partial charge in [0, 0.05) is 18.7 Å². The lowest BCUT2D eigenvalue weighted by Gasteiger charge is -2.18. The highest BCUT2D eigenvalue weighted by Gasteiger charge is 2.23. The summed E-state index contributed by atoms with van der Waals surface area (Å²) in [6.45, 7) is 6.99. The molecule has 0 saturated carbocycles. The van der Waals surface area contributed by atoms with Gasteiger partial charge in [-0.25, -0.2) is 8.42 Å². The van der Waals surface area contributed by atoms with Crippen molar-refractivity contribution in [3.63, 3.8) is 0 Å². The quantitative estimate of drug-likeness (QED) is 0.467. The molecule has 0 aromatic heterocycles. The van der Waals surface area contributed by atoms with Gasteiger partial charge in [-0.3, -0.25) is 14.4 Å². The molecule has 10 heteroatoms. The van der Waals surface area contributed by atoms with Crippen molar-refractivity contribution < 1.29 is 27.5 Å². The van der Waals surface area contributed by atoms with E-state index in [2.05, 4.69) is 10.6 Å². The first-order valence-electron chi connectivity index (χ1n) is 11.0. The number of rotatable bonds is 11. The van der Waals surface area contributed by atoms with Crippen molar-refractivity contribution in [3.05, 3.63) is 65.7 Å². The zero-order chi connectivity index (χ0) is 25.3. The number of nitrogens with one attached hydrogen (secondary N) is 2. The van der Waals surface area contributed by atoms with Gasteiger partial charge in [0.1, 0.15) is 6.54 Å². The molecule has 0 spiro atoms. The number of carbonyl (C=O) groups is 3. The molecular formula is C24H31N3O6S. The van der Waals surface area contributed by atoms with Crippen LogP contribution in [0.2, 0.25) is 0 Å². The number of hydrogen-bond acceptors (Lipinski definition) is 6. The summed E-state index contributed by atoms with van der Waals surface area (Å²) < 4.78 is 31.5. The highest BCUT2D eigenvalue weighted by molar-refractivity contribution is 7.89. The van der Waals surface area contributed by atoms with Gasteiger partial charge in [0.25, 0.3) is 11.8 Å². The molecule has 9 nitrogen and oxygen atoms in total. The molecule has 2 amide bonds. The first-order valence-corrected chi connectivity index (χ1v) is 12.5. The molecule has 2 aromatic rings. The van der Waals surface area contributed by atoms with E-state index in [0.717, 1.165) is 5.56 Å². The molecule has 34 heavy (non-hydrogen) atoms. The average molecular weight is 490 g/mol. The van der Waals surface area contributed by atoms with Crippen LogP contribution in [0.25, 0.3) is 0 Å². The Labute approximate surface area is 200 Å². The smallest absolute Gasteiger partial charge is 0.326 e. The Morgan fingerprint density at radius 2 is 1.53 bits per heavy atom. The second kappa shape index (κ2) is 12.3. The lowest BCUT2D eigenvalue weighted by Crippen LogP contribution is -2.39. The number of nitrogens with zero attached hydrogens (tertiary/aromatic N) is 1. The van der Waals surface area contributed by atoms with Crippen molar-refractivity contribution >= 4 is 27.8 Å². The molecule has 184 valence electrons. The number of hydrogen-bond donors (Lipinski definition) is 2. The van der Waals surface area contributed by atoms with Gasteiger partial charge in [-0.05, 0) is 43.7 Å². The number of ether oxygens (including phenoxy) is 1. The zero-order valence-corrected chi connectivity index (χ0v) is 20.6. The molecule has 0 aliphatic rings. The topological polar surface area (TPSA) is 122 Å². The van der Waals surface area contributed by atoms with E-state index in [-0.39, 0.29) is 16.5 Å². The highest BCUT2D eigenvalue weighted by Crippen LogP contribution is 2.16. The van der Waals surface area contributed by atoms with Crippen molar-refractivity contribution in [3.8, 4) is 0 Å². The van der Waals surface area contributed by atoms with Gasteiger partial charge >= 0.3 is 5.97 Å². The maximum atomic E-state index is 12.5. The lowest BCUT2D eigenvalue weighted by atomic mass is 10.1. The second-order valence-corrected chi connectivity index (χ2v) is 9.51. The number of esters is 1. The molecule has 2 unspecified atom stereocenters. The van der Waals surface area contributed by atoms with Crippen molar-refractivity contribution in [2.24, 2.45) is 0 Å². The van der Waals surface area contributed by atoms with Crippen molar-refractivity contribution in [1.29, 1.82) is 0 Å². The highest BCUT2D eigenvalue weighted by atomic mass is 32.2. The molecule has 0 fully saturated rings. The van der Waals surface area contributed by atoms with E-state index in [0.29, 0.717) is 13.1 Å². The summed E-state index contributed by atoms with van der Waals surface area (Å²) in [6, 6.07) is 14.5. The van der Waals surface area contributed by atoms with E-state index in [4.69, 9.17) is 4.74 Å². The minimum Gasteiger partial charge on any atom is -0.451 e. The Hall–Kier alpha value is -3.24. The van der Waals surface area contributed by atoms with Crippen LogP contribution < -0.4 is 10.6 Å². The van der Waals surface area contributed by atoms with Crippen molar-refractivity contribution in [2.75, 3.05) is 19.6 Å². The van der Waals surface area contributed by atoms with Gasteiger partial charge in [-0.2, -0.15) is 4.31 Å². The largest absolute Gasteiger partial charge is 0.451 e. The summed E-state index contributed by atoms with van der Waals surface area (Å²) >= 11 is 0. The van der Waals surface area contributed by atoms with E-state index in [1.165, 1.54) is 35.5 Å². The lowest BCUT2D eigenvalue weighted by molar-refractivity contribution is -0.154. The fraction of sp³-hybridized carbons (Fsp3) is 0.375. The molecular weight excluding hydrogens is 458 g/mol. The van der Waals surface area contributed by atoms with E-state index >= 15 is 0 Å². The van der Waals surface area contributed by atoms with Crippen LogP contribution in [0.1, 0.15) is 49.7 Å². The Morgan fingerprint density at radius 3 is 2.09 bits per heavy atom. The number of sulfonamides is 1. The maximum Gasteiger partial charge on any atom is 0.326 e. The van der Waals surface area contributed by atoms with Crippen LogP contribution in [-0.2, 0) is 24.3 Å². The zero-order valence-electron chi connectivity index (χ0n) is 19.8. The standard InChI is InChI=1S/C24H31N3O6S/c1-5-27(6-2)34(31,32)21-14-12-20(13-15-21)24(30)25-16-22(28)33-18(4)23(29)26-17(3)19-10-8-7-9-11-19/h7-15,17-18H,5-6,16H2,1-4H3,(H,25,30)(H,26,29). The number of benzene rings is 2. The first kappa shape index (κ1) is 27.0. The first-order chi connectivity index (χ1) is 16.1. The van der Waals surface area contributed by atoms with E-state index in [9.17, 15) is 22.8 Å². The second-order valence-electron chi connectivity index (χ2n) is 7.57. The summed E-state index contributed by atoms with van der Waals surface area (Å²) in [6.07, 6.45) is -1.04. The van der Waals surface area contributed by atoms with Crippen LogP contribution in [0.3, 0.4) is 0 Å². The van der Waals surface area contributed by atoms with Crippen LogP contribution in [0.5, 0.6) is 0 Å². The Balaban J connectivity index is 1.86. The fourth-order valence-corrected chi connectivity index (χ4v) is 4.65. The van der Waals surface area contributed by atoms with Crippen LogP contribution in [0.15, 0.2) is 59.5 Å². The van der Waals surface area contributed by atoms with Crippen molar-refractivity contribution in [1.82, 2.24) is 14.9 Å².